The van der Waals surface area contributed by atoms with Gasteiger partial charge in [-0.15, -0.1) is 0 Å². The third-order valence-electron chi connectivity index (χ3n) is 4.56. The van der Waals surface area contributed by atoms with E-state index in [4.69, 9.17) is 14.2 Å². The Kier molecular flexibility index (Phi) is 7.84. The van der Waals surface area contributed by atoms with Crippen molar-refractivity contribution in [3.63, 3.8) is 0 Å². The molecule has 3 aromatic carbocycles. The number of carbonyl (C=O) groups is 2. The Bertz CT molecular complexity index is 1040. The molecule has 0 radical (unpaired) electrons. The molecular weight excluding hydrogens is 460 g/mol. The van der Waals surface area contributed by atoms with E-state index in [1.165, 1.54) is 0 Å². The fourth-order valence-corrected chi connectivity index (χ4v) is 3.80. The molecule has 0 atom stereocenters. The Balaban J connectivity index is 1.58. The van der Waals surface area contributed by atoms with Crippen molar-refractivity contribution in [2.24, 2.45) is 0 Å². The molecule has 0 heterocycles. The normalized spacial score (nSPS) is 10.4. The zero-order valence-electron chi connectivity index (χ0n) is 17.4. The lowest BCUT2D eigenvalue weighted by atomic mass is 10.1. The summed E-state index contributed by atoms with van der Waals surface area (Å²) in [4.78, 5) is 24.8. The van der Waals surface area contributed by atoms with E-state index in [2.05, 4.69) is 15.9 Å². The van der Waals surface area contributed by atoms with E-state index < -0.39 is 11.9 Å². The van der Waals surface area contributed by atoms with Crippen LogP contribution >= 0.6 is 15.9 Å². The van der Waals surface area contributed by atoms with Crippen molar-refractivity contribution in [1.29, 1.82) is 0 Å². The molecule has 0 unspecified atom stereocenters. The summed E-state index contributed by atoms with van der Waals surface area (Å²) < 4.78 is 17.3. The summed E-state index contributed by atoms with van der Waals surface area (Å²) >= 11 is 3.43. The average Bonchev–Trinajstić information content (AvgIpc) is 2.74. The predicted octanol–water partition coefficient (Wildman–Crippen LogP) is 5.45. The number of carbonyl (C=O) groups excluding carboxylic acids is 2. The molecule has 0 aliphatic rings. The molecule has 31 heavy (non-hydrogen) atoms. The lowest BCUT2D eigenvalue weighted by Crippen LogP contribution is -2.20. The first-order valence-electron chi connectivity index (χ1n) is 9.84. The van der Waals surface area contributed by atoms with Crippen molar-refractivity contribution in [3.8, 4) is 11.5 Å². The monoisotopic (exact) mass is 482 g/mol. The number of para-hydroxylation sites is 1. The summed E-state index contributed by atoms with van der Waals surface area (Å²) in [5, 5.41) is 0. The van der Waals surface area contributed by atoms with E-state index in [0.29, 0.717) is 12.2 Å². The fourth-order valence-electron chi connectivity index (χ4n) is 3.12. The highest BCUT2D eigenvalue weighted by atomic mass is 79.9. The van der Waals surface area contributed by atoms with Crippen molar-refractivity contribution in [3.05, 3.63) is 93.5 Å². The molecular formula is C25H23BrO5. The van der Waals surface area contributed by atoms with E-state index in [1.54, 1.807) is 24.3 Å². The van der Waals surface area contributed by atoms with E-state index >= 15 is 0 Å². The molecule has 5 nitrogen and oxygen atoms in total. The first kappa shape index (κ1) is 22.6. The molecule has 6 heteroatoms. The molecule has 0 saturated carbocycles. The van der Waals surface area contributed by atoms with Crippen LogP contribution in [0.3, 0.4) is 0 Å². The predicted molar refractivity (Wildman–Crippen MR) is 122 cm³/mol. The molecule has 0 saturated heterocycles. The standard InChI is InChI=1S/C25H23BrO5/c1-17-14-20(26)15-18(2)24(17)30-16-23(27)31-22-11-7-6-10-21(22)25(28)29-13-12-19-8-4-3-5-9-19/h3-11,14-15H,12-13,16H2,1-2H3. The topological polar surface area (TPSA) is 61.8 Å². The number of ether oxygens (including phenoxy) is 3. The van der Waals surface area contributed by atoms with Gasteiger partial charge in [0.05, 0.1) is 6.61 Å². The molecule has 3 aromatic rings. The van der Waals surface area contributed by atoms with E-state index in [9.17, 15) is 9.59 Å². The molecule has 0 N–H and O–H groups in total. The quantitative estimate of drug-likeness (QED) is 0.315. The number of benzene rings is 3. The third kappa shape index (κ3) is 6.43. The summed E-state index contributed by atoms with van der Waals surface area (Å²) in [6.07, 6.45) is 0.605. The van der Waals surface area contributed by atoms with Crippen LogP contribution < -0.4 is 9.47 Å². The second-order valence-corrected chi connectivity index (χ2v) is 7.91. The molecule has 0 aliphatic heterocycles. The SMILES string of the molecule is Cc1cc(Br)cc(C)c1OCC(=O)Oc1ccccc1C(=O)OCCc1ccccc1. The van der Waals surface area contributed by atoms with Gasteiger partial charge >= 0.3 is 11.9 Å². The van der Waals surface area contributed by atoms with E-state index in [0.717, 1.165) is 21.2 Å². The van der Waals surface area contributed by atoms with E-state index in [-0.39, 0.29) is 24.5 Å². The van der Waals surface area contributed by atoms with Gasteiger partial charge in [0.1, 0.15) is 17.1 Å². The van der Waals surface area contributed by atoms with Crippen molar-refractivity contribution >= 4 is 27.9 Å². The van der Waals surface area contributed by atoms with Gasteiger partial charge in [-0.05, 0) is 54.8 Å². The van der Waals surface area contributed by atoms with Crippen LogP contribution in [-0.2, 0) is 16.0 Å². The Morgan fingerprint density at radius 2 is 1.55 bits per heavy atom. The number of rotatable bonds is 8. The van der Waals surface area contributed by atoms with Gasteiger partial charge in [-0.3, -0.25) is 0 Å². The van der Waals surface area contributed by atoms with Crippen LogP contribution in [0, 0.1) is 13.8 Å². The van der Waals surface area contributed by atoms with Gasteiger partial charge in [-0.25, -0.2) is 9.59 Å². The molecule has 0 spiro atoms. The highest BCUT2D eigenvalue weighted by Gasteiger charge is 2.17. The number of halogens is 1. The van der Waals surface area contributed by atoms with Crippen molar-refractivity contribution < 1.29 is 23.8 Å². The Morgan fingerprint density at radius 1 is 0.903 bits per heavy atom. The van der Waals surface area contributed by atoms with Gasteiger partial charge in [0.25, 0.3) is 0 Å². The second kappa shape index (κ2) is 10.8. The summed E-state index contributed by atoms with van der Waals surface area (Å²) in [6, 6.07) is 20.1. The Hall–Kier alpha value is -3.12. The second-order valence-electron chi connectivity index (χ2n) is 7.00. The maximum Gasteiger partial charge on any atom is 0.349 e. The zero-order chi connectivity index (χ0) is 22.2. The van der Waals surface area contributed by atoms with Crippen LogP contribution in [0.5, 0.6) is 11.5 Å². The maximum atomic E-state index is 12.5. The van der Waals surface area contributed by atoms with Gasteiger partial charge in [0.2, 0.25) is 0 Å². The van der Waals surface area contributed by atoms with E-state index in [1.807, 2.05) is 56.3 Å². The first-order chi connectivity index (χ1) is 14.9. The van der Waals surface area contributed by atoms with Crippen molar-refractivity contribution in [1.82, 2.24) is 0 Å². The maximum absolute atomic E-state index is 12.5. The first-order valence-corrected chi connectivity index (χ1v) is 10.6. The summed E-state index contributed by atoms with van der Waals surface area (Å²) in [5.41, 5.74) is 3.08. The van der Waals surface area contributed by atoms with Gasteiger partial charge in [-0.2, -0.15) is 0 Å². The smallest absolute Gasteiger partial charge is 0.349 e. The molecule has 3 rings (SSSR count). The molecule has 0 aliphatic carbocycles. The molecule has 0 fully saturated rings. The molecule has 0 bridgehead atoms. The number of hydrogen-bond acceptors (Lipinski definition) is 5. The number of aryl methyl sites for hydroxylation is 2. The van der Waals surface area contributed by atoms with Crippen molar-refractivity contribution in [2.45, 2.75) is 20.3 Å². The van der Waals surface area contributed by atoms with Crippen LogP contribution in [0.2, 0.25) is 0 Å². The summed E-state index contributed by atoms with van der Waals surface area (Å²) in [7, 11) is 0. The number of hydrogen-bond donors (Lipinski definition) is 0. The minimum Gasteiger partial charge on any atom is -0.481 e. The van der Waals surface area contributed by atoms with Crippen LogP contribution in [0.15, 0.2) is 71.2 Å². The minimum atomic E-state index is -0.605. The van der Waals surface area contributed by atoms with Crippen LogP contribution in [0.1, 0.15) is 27.0 Å². The van der Waals surface area contributed by atoms with Gasteiger partial charge in [0.15, 0.2) is 6.61 Å². The average molecular weight is 483 g/mol. The highest BCUT2D eigenvalue weighted by molar-refractivity contribution is 9.10. The molecule has 160 valence electrons. The largest absolute Gasteiger partial charge is 0.481 e. The number of esters is 2. The van der Waals surface area contributed by atoms with Gasteiger partial charge in [0, 0.05) is 10.9 Å². The summed E-state index contributed by atoms with van der Waals surface area (Å²) in [5.74, 6) is -0.370. The third-order valence-corrected chi connectivity index (χ3v) is 5.01. The van der Waals surface area contributed by atoms with Crippen LogP contribution in [0.25, 0.3) is 0 Å². The highest BCUT2D eigenvalue weighted by Crippen LogP contribution is 2.27. The zero-order valence-corrected chi connectivity index (χ0v) is 19.0. The van der Waals surface area contributed by atoms with Crippen LogP contribution in [-0.4, -0.2) is 25.2 Å². The van der Waals surface area contributed by atoms with Crippen molar-refractivity contribution in [2.75, 3.05) is 13.2 Å². The lowest BCUT2D eigenvalue weighted by Gasteiger charge is -2.13. The lowest BCUT2D eigenvalue weighted by molar-refractivity contribution is -0.136. The Labute approximate surface area is 190 Å². The summed E-state index contributed by atoms with van der Waals surface area (Å²) in [6.45, 7) is 3.76. The molecule has 0 aromatic heterocycles. The van der Waals surface area contributed by atoms with Crippen LogP contribution in [0.4, 0.5) is 0 Å². The van der Waals surface area contributed by atoms with Gasteiger partial charge in [-0.1, -0.05) is 58.4 Å². The minimum absolute atomic E-state index is 0.144. The fraction of sp³-hybridized carbons (Fsp3) is 0.200. The van der Waals surface area contributed by atoms with Gasteiger partial charge < -0.3 is 14.2 Å². The Morgan fingerprint density at radius 3 is 2.26 bits per heavy atom. The molecule has 0 amide bonds.